The first-order valence-corrected chi connectivity index (χ1v) is 11.1. The molecule has 2 aliphatic rings. The van der Waals surface area contributed by atoms with Gasteiger partial charge in [-0.3, -0.25) is 4.99 Å². The van der Waals surface area contributed by atoms with Gasteiger partial charge in [-0.2, -0.15) is 0 Å². The topological polar surface area (TPSA) is 43.8 Å². The Kier molecular flexibility index (Phi) is 8.35. The maximum absolute atomic E-state index is 4.81. The Bertz CT molecular complexity index is 827. The van der Waals surface area contributed by atoms with Gasteiger partial charge in [0, 0.05) is 51.6 Å². The van der Waals surface area contributed by atoms with Crippen molar-refractivity contribution in [2.75, 3.05) is 44.7 Å². The Morgan fingerprint density at radius 3 is 2.66 bits per heavy atom. The lowest BCUT2D eigenvalue weighted by atomic mass is 10.00. The molecule has 0 amide bonds. The number of thiazole rings is 1. The molecule has 1 fully saturated rings. The zero-order valence-electron chi connectivity index (χ0n) is 17.0. The van der Waals surface area contributed by atoms with E-state index in [1.165, 1.54) is 34.8 Å². The van der Waals surface area contributed by atoms with E-state index < -0.39 is 0 Å². The van der Waals surface area contributed by atoms with Crippen molar-refractivity contribution in [3.63, 3.8) is 0 Å². The third-order valence-corrected chi connectivity index (χ3v) is 6.40. The van der Waals surface area contributed by atoms with E-state index in [1.807, 2.05) is 7.05 Å². The molecule has 2 aromatic rings. The molecule has 3 heterocycles. The van der Waals surface area contributed by atoms with Gasteiger partial charge in [-0.15, -0.1) is 35.3 Å². The van der Waals surface area contributed by atoms with Crippen LogP contribution >= 0.6 is 35.3 Å². The molecule has 0 aliphatic carbocycles. The van der Waals surface area contributed by atoms with Gasteiger partial charge >= 0.3 is 0 Å². The molecule has 0 unspecified atom stereocenters. The highest BCUT2D eigenvalue weighted by Crippen LogP contribution is 2.24. The summed E-state index contributed by atoms with van der Waals surface area (Å²) in [6, 6.07) is 10.7. The van der Waals surface area contributed by atoms with Crippen LogP contribution in [0.5, 0.6) is 0 Å². The first-order chi connectivity index (χ1) is 13.8. The van der Waals surface area contributed by atoms with Gasteiger partial charge < -0.3 is 15.1 Å². The summed E-state index contributed by atoms with van der Waals surface area (Å²) >= 11 is 1.78. The number of hydrogen-bond acceptors (Lipinski definition) is 4. The number of anilines is 1. The Morgan fingerprint density at radius 1 is 1.17 bits per heavy atom. The van der Waals surface area contributed by atoms with Gasteiger partial charge in [-0.25, -0.2) is 4.98 Å². The third kappa shape index (κ3) is 5.72. The number of rotatable bonds is 5. The predicted octanol–water partition coefficient (Wildman–Crippen LogP) is 4.27. The molecule has 1 aromatic carbocycles. The molecular formula is C22H30IN5S. The van der Waals surface area contributed by atoms with E-state index in [2.05, 4.69) is 61.9 Å². The first kappa shape index (κ1) is 22.1. The minimum absolute atomic E-state index is 0. The van der Waals surface area contributed by atoms with Crippen LogP contribution in [0.3, 0.4) is 0 Å². The molecule has 1 saturated heterocycles. The molecule has 4 rings (SSSR count). The lowest BCUT2D eigenvalue weighted by Crippen LogP contribution is -2.44. The number of nitrogens with zero attached hydrogens (tertiary/aromatic N) is 4. The summed E-state index contributed by atoms with van der Waals surface area (Å²) in [4.78, 5) is 14.0. The van der Waals surface area contributed by atoms with E-state index in [9.17, 15) is 0 Å². The molecule has 7 heteroatoms. The highest BCUT2D eigenvalue weighted by Gasteiger charge is 2.17. The SMILES string of the molecule is CN=C(NCCc1csc(N2CCCC2)n1)N1CC=C(c2ccccc2)CC1.I. The Balaban J connectivity index is 0.00000240. The van der Waals surface area contributed by atoms with Crippen LogP contribution < -0.4 is 10.2 Å². The lowest BCUT2D eigenvalue weighted by molar-refractivity contribution is 0.440. The quantitative estimate of drug-likeness (QED) is 0.361. The zero-order chi connectivity index (χ0) is 19.2. The smallest absolute Gasteiger partial charge is 0.193 e. The number of aromatic nitrogens is 1. The fraction of sp³-hybridized carbons (Fsp3) is 0.455. The number of hydrogen-bond donors (Lipinski definition) is 1. The average molecular weight is 523 g/mol. The maximum atomic E-state index is 4.81. The second kappa shape index (κ2) is 11.0. The average Bonchev–Trinajstić information content (AvgIpc) is 3.44. The number of halogens is 1. The first-order valence-electron chi connectivity index (χ1n) is 10.2. The van der Waals surface area contributed by atoms with Crippen molar-refractivity contribution in [2.24, 2.45) is 4.99 Å². The highest BCUT2D eigenvalue weighted by molar-refractivity contribution is 14.0. The normalized spacial score (nSPS) is 17.1. The second-order valence-electron chi connectivity index (χ2n) is 7.33. The summed E-state index contributed by atoms with van der Waals surface area (Å²) in [6.07, 6.45) is 6.90. The van der Waals surface area contributed by atoms with Gasteiger partial charge in [0.1, 0.15) is 0 Å². The van der Waals surface area contributed by atoms with Crippen molar-refractivity contribution in [3.05, 3.63) is 53.0 Å². The lowest BCUT2D eigenvalue weighted by Gasteiger charge is -2.29. The van der Waals surface area contributed by atoms with Gasteiger partial charge in [0.25, 0.3) is 0 Å². The van der Waals surface area contributed by atoms with Crippen molar-refractivity contribution < 1.29 is 0 Å². The highest BCUT2D eigenvalue weighted by atomic mass is 127. The monoisotopic (exact) mass is 523 g/mol. The number of benzene rings is 1. The van der Waals surface area contributed by atoms with Crippen LogP contribution in [0.15, 0.2) is 46.8 Å². The molecule has 5 nitrogen and oxygen atoms in total. The Hall–Kier alpha value is -1.61. The van der Waals surface area contributed by atoms with Crippen LogP contribution in [0.2, 0.25) is 0 Å². The van der Waals surface area contributed by atoms with Crippen LogP contribution in [0.4, 0.5) is 5.13 Å². The largest absolute Gasteiger partial charge is 0.356 e. The molecule has 156 valence electrons. The number of guanidine groups is 1. The molecule has 29 heavy (non-hydrogen) atoms. The van der Waals surface area contributed by atoms with E-state index >= 15 is 0 Å². The zero-order valence-corrected chi connectivity index (χ0v) is 20.2. The Morgan fingerprint density at radius 2 is 1.97 bits per heavy atom. The predicted molar refractivity (Wildman–Crippen MR) is 135 cm³/mol. The number of nitrogens with one attached hydrogen (secondary N) is 1. The van der Waals surface area contributed by atoms with Crippen molar-refractivity contribution in [2.45, 2.75) is 25.7 Å². The van der Waals surface area contributed by atoms with E-state index in [0.29, 0.717) is 0 Å². The van der Waals surface area contributed by atoms with Gasteiger partial charge in [-0.05, 0) is 30.4 Å². The van der Waals surface area contributed by atoms with Crippen molar-refractivity contribution >= 4 is 52.0 Å². The van der Waals surface area contributed by atoms with Crippen LogP contribution in [0.1, 0.15) is 30.5 Å². The van der Waals surface area contributed by atoms with Gasteiger partial charge in [0.2, 0.25) is 0 Å². The van der Waals surface area contributed by atoms with E-state index in [4.69, 9.17) is 4.98 Å². The van der Waals surface area contributed by atoms with Crippen molar-refractivity contribution in [3.8, 4) is 0 Å². The van der Waals surface area contributed by atoms with Gasteiger partial charge in [0.05, 0.1) is 5.69 Å². The second-order valence-corrected chi connectivity index (χ2v) is 8.17. The minimum Gasteiger partial charge on any atom is -0.356 e. The van der Waals surface area contributed by atoms with Gasteiger partial charge in [-0.1, -0.05) is 36.4 Å². The summed E-state index contributed by atoms with van der Waals surface area (Å²) in [5.74, 6) is 0.985. The van der Waals surface area contributed by atoms with Gasteiger partial charge in [0.15, 0.2) is 11.1 Å². The van der Waals surface area contributed by atoms with Crippen LogP contribution in [0.25, 0.3) is 5.57 Å². The summed E-state index contributed by atoms with van der Waals surface area (Å²) in [6.45, 7) is 5.08. The van der Waals surface area contributed by atoms with E-state index in [-0.39, 0.29) is 24.0 Å². The van der Waals surface area contributed by atoms with E-state index in [0.717, 1.165) is 51.5 Å². The van der Waals surface area contributed by atoms with E-state index in [1.54, 1.807) is 11.3 Å². The summed E-state index contributed by atoms with van der Waals surface area (Å²) in [7, 11) is 1.87. The molecule has 0 saturated carbocycles. The van der Waals surface area contributed by atoms with Crippen molar-refractivity contribution in [1.82, 2.24) is 15.2 Å². The standard InChI is InChI=1S/C22H29N5S.HI/c1-23-21(26-15-10-19(11-16-26)18-7-3-2-4-8-18)24-12-9-20-17-28-22(25-20)27-13-5-6-14-27;/h2-4,7-8,10,17H,5-6,9,11-16H2,1H3,(H,23,24);1H. The summed E-state index contributed by atoms with van der Waals surface area (Å²) in [5.41, 5.74) is 3.95. The molecule has 0 radical (unpaired) electrons. The summed E-state index contributed by atoms with van der Waals surface area (Å²) < 4.78 is 0. The van der Waals surface area contributed by atoms with Crippen molar-refractivity contribution in [1.29, 1.82) is 0 Å². The molecular weight excluding hydrogens is 493 g/mol. The number of aliphatic imine (C=N–C) groups is 1. The fourth-order valence-electron chi connectivity index (χ4n) is 3.88. The third-order valence-electron chi connectivity index (χ3n) is 5.45. The maximum Gasteiger partial charge on any atom is 0.193 e. The molecule has 1 aromatic heterocycles. The van der Waals surface area contributed by atoms with Crippen LogP contribution in [-0.4, -0.2) is 55.6 Å². The molecule has 2 aliphatic heterocycles. The Labute approximate surface area is 195 Å². The fourth-order valence-corrected chi connectivity index (χ4v) is 4.79. The molecule has 0 spiro atoms. The molecule has 0 bridgehead atoms. The minimum atomic E-state index is 0. The van der Waals surface area contributed by atoms with Crippen LogP contribution in [0, 0.1) is 0 Å². The van der Waals surface area contributed by atoms with Crippen LogP contribution in [-0.2, 0) is 6.42 Å². The summed E-state index contributed by atoms with van der Waals surface area (Å²) in [5, 5.41) is 6.91. The molecule has 1 N–H and O–H groups in total. The molecule has 0 atom stereocenters.